The number of likely N-dealkylation sites (tertiary alicyclic amines) is 1. The van der Waals surface area contributed by atoms with Crippen LogP contribution < -0.4 is 5.32 Å². The highest BCUT2D eigenvalue weighted by Gasteiger charge is 2.34. The number of carbonyl (C=O) groups excluding carboxylic acids is 2. The Bertz CT molecular complexity index is 922. The predicted octanol–water partition coefficient (Wildman–Crippen LogP) is 2.86. The van der Waals surface area contributed by atoms with Crippen molar-refractivity contribution in [1.29, 1.82) is 0 Å². The Labute approximate surface area is 163 Å². The maximum atomic E-state index is 14.4. The number of nitrogens with one attached hydrogen (secondary N) is 1. The molecule has 1 atom stereocenters. The highest BCUT2D eigenvalue weighted by Crippen LogP contribution is 2.33. The molecule has 1 heterocycles. The van der Waals surface area contributed by atoms with E-state index in [1.165, 1.54) is 18.6 Å². The van der Waals surface area contributed by atoms with E-state index in [9.17, 15) is 19.1 Å². The number of rotatable bonds is 5. The quantitative estimate of drug-likeness (QED) is 0.710. The van der Waals surface area contributed by atoms with Crippen molar-refractivity contribution in [3.8, 4) is 0 Å². The molecule has 0 radical (unpaired) electrons. The zero-order valence-electron chi connectivity index (χ0n) is 15.6. The van der Waals surface area contributed by atoms with Crippen LogP contribution in [-0.4, -0.2) is 53.9 Å². The number of piperidine rings is 1. The lowest BCUT2D eigenvalue weighted by Crippen LogP contribution is -2.39. The number of benzene rings is 2. The summed E-state index contributed by atoms with van der Waals surface area (Å²) in [6.07, 6.45) is 2.88. The average molecular weight is 382 g/mol. The fraction of sp³-hybridized carbons (Fsp3) is 0.364. The number of hydrogen-bond donors (Lipinski definition) is 2. The van der Waals surface area contributed by atoms with Crippen molar-refractivity contribution in [3.05, 3.63) is 64.5 Å². The molecule has 2 aliphatic rings. The summed E-state index contributed by atoms with van der Waals surface area (Å²) >= 11 is 0. The van der Waals surface area contributed by atoms with Crippen LogP contribution in [0.1, 0.15) is 51.1 Å². The van der Waals surface area contributed by atoms with Crippen LogP contribution >= 0.6 is 0 Å². The van der Waals surface area contributed by atoms with Crippen molar-refractivity contribution < 1.29 is 19.1 Å². The summed E-state index contributed by atoms with van der Waals surface area (Å²) in [5.74, 6) is -1.57. The predicted molar refractivity (Wildman–Crippen MR) is 104 cm³/mol. The van der Waals surface area contributed by atoms with Gasteiger partial charge in [-0.3, -0.25) is 9.59 Å². The first-order valence-electron chi connectivity index (χ1n) is 9.71. The van der Waals surface area contributed by atoms with Gasteiger partial charge in [-0.05, 0) is 38.1 Å². The molecule has 0 bridgehead atoms. The van der Waals surface area contributed by atoms with Crippen molar-refractivity contribution in [2.24, 2.45) is 0 Å². The lowest BCUT2D eigenvalue weighted by Gasteiger charge is -2.29. The molecule has 0 saturated carbocycles. The number of aliphatic hydroxyl groups is 1. The maximum absolute atomic E-state index is 14.4. The van der Waals surface area contributed by atoms with E-state index in [4.69, 9.17) is 0 Å². The van der Waals surface area contributed by atoms with Crippen molar-refractivity contribution in [1.82, 2.24) is 4.90 Å². The van der Waals surface area contributed by atoms with Crippen LogP contribution in [0.25, 0.3) is 0 Å². The number of anilines is 1. The van der Waals surface area contributed by atoms with Crippen LogP contribution in [0.4, 0.5) is 10.1 Å². The van der Waals surface area contributed by atoms with Crippen molar-refractivity contribution in [2.45, 2.75) is 25.4 Å². The second kappa shape index (κ2) is 7.81. The van der Waals surface area contributed by atoms with Gasteiger partial charge in [-0.25, -0.2) is 4.39 Å². The topological polar surface area (TPSA) is 69.6 Å². The van der Waals surface area contributed by atoms with Gasteiger partial charge in [0.15, 0.2) is 11.6 Å². The number of hydrogen-bond acceptors (Lipinski definition) is 5. The molecule has 4 rings (SSSR count). The number of fused-ring (bicyclic) bond motifs is 2. The monoisotopic (exact) mass is 382 g/mol. The molecule has 1 saturated heterocycles. The Balaban J connectivity index is 1.56. The minimum absolute atomic E-state index is 0.0499. The molecule has 1 fully saturated rings. The van der Waals surface area contributed by atoms with Gasteiger partial charge in [0.25, 0.3) is 0 Å². The summed E-state index contributed by atoms with van der Waals surface area (Å²) in [6.45, 7) is 2.73. The third-order valence-corrected chi connectivity index (χ3v) is 5.47. The molecular formula is C22H23FN2O3. The van der Waals surface area contributed by atoms with E-state index in [0.717, 1.165) is 25.9 Å². The van der Waals surface area contributed by atoms with Crippen molar-refractivity contribution >= 4 is 17.3 Å². The SMILES string of the molecule is O=C1c2ccccc2C(=O)c2c(NC[C@H](O)CN3CCCCC3)ccc(F)c21. The minimum atomic E-state index is -0.706. The van der Waals surface area contributed by atoms with Crippen molar-refractivity contribution in [3.63, 3.8) is 0 Å². The molecule has 6 heteroatoms. The van der Waals surface area contributed by atoms with Crippen LogP contribution in [-0.2, 0) is 0 Å². The molecule has 5 nitrogen and oxygen atoms in total. The number of ketones is 2. The Morgan fingerprint density at radius 2 is 1.61 bits per heavy atom. The van der Waals surface area contributed by atoms with Gasteiger partial charge in [-0.2, -0.15) is 0 Å². The van der Waals surface area contributed by atoms with Crippen LogP contribution in [0.5, 0.6) is 0 Å². The molecule has 146 valence electrons. The molecular weight excluding hydrogens is 359 g/mol. The van der Waals surface area contributed by atoms with E-state index in [2.05, 4.69) is 10.2 Å². The summed E-state index contributed by atoms with van der Waals surface area (Å²) in [5.41, 5.74) is 0.735. The highest BCUT2D eigenvalue weighted by molar-refractivity contribution is 6.30. The molecule has 2 N–H and O–H groups in total. The molecule has 0 spiro atoms. The lowest BCUT2D eigenvalue weighted by atomic mass is 9.83. The number of nitrogens with zero attached hydrogens (tertiary/aromatic N) is 1. The number of halogens is 1. The van der Waals surface area contributed by atoms with Gasteiger partial charge in [-0.1, -0.05) is 30.7 Å². The number of aliphatic hydroxyl groups excluding tert-OH is 1. The van der Waals surface area contributed by atoms with Gasteiger partial charge in [0, 0.05) is 29.9 Å². The summed E-state index contributed by atoms with van der Waals surface area (Å²) in [6, 6.07) is 9.12. The van der Waals surface area contributed by atoms with E-state index < -0.39 is 17.7 Å². The van der Waals surface area contributed by atoms with Gasteiger partial charge in [0.05, 0.1) is 17.2 Å². The first kappa shape index (κ1) is 18.8. The molecule has 2 aromatic rings. The van der Waals surface area contributed by atoms with Crippen LogP contribution in [0.3, 0.4) is 0 Å². The minimum Gasteiger partial charge on any atom is -0.390 e. The van der Waals surface area contributed by atoms with Crippen LogP contribution in [0.2, 0.25) is 0 Å². The first-order valence-corrected chi connectivity index (χ1v) is 9.71. The summed E-state index contributed by atoms with van der Waals surface area (Å²) < 4.78 is 14.4. The Hall–Kier alpha value is -2.57. The second-order valence-corrected chi connectivity index (χ2v) is 7.44. The average Bonchev–Trinajstić information content (AvgIpc) is 2.71. The largest absolute Gasteiger partial charge is 0.390 e. The van der Waals surface area contributed by atoms with Crippen LogP contribution in [0.15, 0.2) is 36.4 Å². The normalized spacial score (nSPS) is 17.8. The zero-order valence-corrected chi connectivity index (χ0v) is 15.6. The Morgan fingerprint density at radius 3 is 2.29 bits per heavy atom. The van der Waals surface area contributed by atoms with Gasteiger partial charge in [0.1, 0.15) is 5.82 Å². The molecule has 1 aliphatic heterocycles. The van der Waals surface area contributed by atoms with E-state index in [1.807, 2.05) is 0 Å². The van der Waals surface area contributed by atoms with Gasteiger partial charge >= 0.3 is 0 Å². The Kier molecular flexibility index (Phi) is 5.24. The van der Waals surface area contributed by atoms with Crippen LogP contribution in [0, 0.1) is 5.82 Å². The molecule has 28 heavy (non-hydrogen) atoms. The zero-order chi connectivity index (χ0) is 19.7. The van der Waals surface area contributed by atoms with Gasteiger partial charge in [0.2, 0.25) is 0 Å². The first-order chi connectivity index (χ1) is 13.6. The molecule has 2 aromatic carbocycles. The fourth-order valence-corrected chi connectivity index (χ4v) is 4.06. The lowest BCUT2D eigenvalue weighted by molar-refractivity contribution is 0.0976. The molecule has 1 aliphatic carbocycles. The molecule has 0 aromatic heterocycles. The second-order valence-electron chi connectivity index (χ2n) is 7.44. The third-order valence-electron chi connectivity index (χ3n) is 5.47. The Morgan fingerprint density at radius 1 is 0.964 bits per heavy atom. The third kappa shape index (κ3) is 3.45. The molecule has 0 amide bonds. The summed E-state index contributed by atoms with van der Waals surface area (Å²) in [7, 11) is 0. The standard InChI is InChI=1S/C22H23FN2O3/c23-17-8-9-18(24-12-14(26)13-25-10-4-1-5-11-25)20-19(17)21(27)15-6-2-3-7-16(15)22(20)28/h2-3,6-9,14,24,26H,1,4-5,10-13H2/t14-/m0/s1. The van der Waals surface area contributed by atoms with Gasteiger partial charge in [-0.15, -0.1) is 0 Å². The van der Waals surface area contributed by atoms with Crippen molar-refractivity contribution in [2.75, 3.05) is 31.5 Å². The van der Waals surface area contributed by atoms with E-state index in [-0.39, 0.29) is 34.6 Å². The molecule has 0 unspecified atom stereocenters. The fourth-order valence-electron chi connectivity index (χ4n) is 4.06. The van der Waals surface area contributed by atoms with E-state index in [0.29, 0.717) is 12.2 Å². The number of carbonyl (C=O) groups is 2. The smallest absolute Gasteiger partial charge is 0.197 e. The van der Waals surface area contributed by atoms with E-state index >= 15 is 0 Å². The highest BCUT2D eigenvalue weighted by atomic mass is 19.1. The summed E-state index contributed by atoms with van der Waals surface area (Å²) in [5, 5.41) is 13.4. The maximum Gasteiger partial charge on any atom is 0.197 e. The summed E-state index contributed by atoms with van der Waals surface area (Å²) in [4.78, 5) is 27.9. The van der Waals surface area contributed by atoms with E-state index in [1.54, 1.807) is 24.3 Å². The number of β-amino-alcohol motifs (C(OH)–C–C–N with tert-alkyl or cyclic N) is 1. The van der Waals surface area contributed by atoms with Gasteiger partial charge < -0.3 is 15.3 Å².